The molecule has 1 atom stereocenters. The van der Waals surface area contributed by atoms with E-state index in [-0.39, 0.29) is 0 Å². The summed E-state index contributed by atoms with van der Waals surface area (Å²) >= 11 is 1.76. The monoisotopic (exact) mass is 236 g/mol. The van der Waals surface area contributed by atoms with Crippen LogP contribution in [0.3, 0.4) is 0 Å². The fraction of sp³-hybridized carbons (Fsp3) is 0.417. The minimum absolute atomic E-state index is 0.340. The molecule has 16 heavy (non-hydrogen) atoms. The summed E-state index contributed by atoms with van der Waals surface area (Å²) in [5, 5.41) is 5.49. The second kappa shape index (κ2) is 4.80. The Morgan fingerprint density at radius 3 is 2.88 bits per heavy atom. The summed E-state index contributed by atoms with van der Waals surface area (Å²) in [4.78, 5) is 5.67. The molecular weight excluding hydrogens is 220 g/mol. The van der Waals surface area contributed by atoms with Gasteiger partial charge in [-0.1, -0.05) is 6.07 Å². The molecule has 4 heteroatoms. The maximum absolute atomic E-state index is 5.51. The van der Waals surface area contributed by atoms with Gasteiger partial charge in [0.05, 0.1) is 12.2 Å². The van der Waals surface area contributed by atoms with Gasteiger partial charge in [-0.15, -0.1) is 11.3 Å². The molecular formula is C12H16N2OS. The number of hydrogen-bond donors (Lipinski definition) is 1. The topological polar surface area (TPSA) is 38.1 Å². The summed E-state index contributed by atoms with van der Waals surface area (Å²) in [5.41, 5.74) is 0.973. The van der Waals surface area contributed by atoms with Gasteiger partial charge in [0.1, 0.15) is 5.76 Å². The number of oxazole rings is 1. The molecule has 1 N–H and O–H groups in total. The number of nitrogens with one attached hydrogen (secondary N) is 1. The standard InChI is InChI=1S/C12H16N2OS/c1-8-10(3)15-12(14-8)7-13-9(2)11-5-4-6-16-11/h4-6,9,13H,7H2,1-3H3. The quantitative estimate of drug-likeness (QED) is 0.885. The van der Waals surface area contributed by atoms with Crippen molar-refractivity contribution in [2.24, 2.45) is 0 Å². The van der Waals surface area contributed by atoms with Crippen LogP contribution in [0.2, 0.25) is 0 Å². The van der Waals surface area contributed by atoms with Crippen molar-refractivity contribution in [3.05, 3.63) is 39.7 Å². The third kappa shape index (κ3) is 2.51. The molecule has 1 unspecified atom stereocenters. The molecule has 0 bridgehead atoms. The molecule has 0 spiro atoms. The molecule has 0 saturated heterocycles. The second-order valence-corrected chi connectivity index (χ2v) is 4.85. The Hall–Kier alpha value is -1.13. The van der Waals surface area contributed by atoms with Gasteiger partial charge in [0.2, 0.25) is 5.89 Å². The van der Waals surface area contributed by atoms with Crippen LogP contribution in [0.1, 0.15) is 35.2 Å². The fourth-order valence-corrected chi connectivity index (χ4v) is 2.25. The zero-order valence-electron chi connectivity index (χ0n) is 9.78. The number of thiophene rings is 1. The van der Waals surface area contributed by atoms with Crippen LogP contribution in [0, 0.1) is 13.8 Å². The molecule has 0 amide bonds. The summed E-state index contributed by atoms with van der Waals surface area (Å²) in [7, 11) is 0. The highest BCUT2D eigenvalue weighted by Crippen LogP contribution is 2.18. The van der Waals surface area contributed by atoms with Gasteiger partial charge in [-0.25, -0.2) is 4.98 Å². The van der Waals surface area contributed by atoms with Crippen LogP contribution in [-0.2, 0) is 6.54 Å². The van der Waals surface area contributed by atoms with Gasteiger partial charge in [-0.3, -0.25) is 0 Å². The van der Waals surface area contributed by atoms with Crippen LogP contribution in [-0.4, -0.2) is 4.98 Å². The predicted molar refractivity (Wildman–Crippen MR) is 65.6 cm³/mol. The van der Waals surface area contributed by atoms with E-state index >= 15 is 0 Å². The lowest BCUT2D eigenvalue weighted by molar-refractivity contribution is 0.433. The molecule has 2 aromatic heterocycles. The fourth-order valence-electron chi connectivity index (χ4n) is 1.49. The number of rotatable bonds is 4. The Morgan fingerprint density at radius 2 is 2.31 bits per heavy atom. The molecule has 2 rings (SSSR count). The molecule has 0 fully saturated rings. The van der Waals surface area contributed by atoms with E-state index in [4.69, 9.17) is 4.42 Å². The zero-order chi connectivity index (χ0) is 11.5. The number of aryl methyl sites for hydroxylation is 2. The number of hydrogen-bond acceptors (Lipinski definition) is 4. The number of nitrogens with zero attached hydrogens (tertiary/aromatic N) is 1. The molecule has 0 aliphatic heterocycles. The Balaban J connectivity index is 1.92. The van der Waals surface area contributed by atoms with Crippen LogP contribution < -0.4 is 5.32 Å². The Morgan fingerprint density at radius 1 is 1.50 bits per heavy atom. The van der Waals surface area contributed by atoms with Crippen molar-refractivity contribution in [3.63, 3.8) is 0 Å². The molecule has 86 valence electrons. The zero-order valence-corrected chi connectivity index (χ0v) is 10.6. The molecule has 0 aliphatic rings. The van der Waals surface area contributed by atoms with E-state index in [9.17, 15) is 0 Å². The largest absolute Gasteiger partial charge is 0.444 e. The average molecular weight is 236 g/mol. The first-order valence-corrected chi connectivity index (χ1v) is 6.24. The van der Waals surface area contributed by atoms with Crippen LogP contribution in [0.4, 0.5) is 0 Å². The third-order valence-corrected chi connectivity index (χ3v) is 3.66. The molecule has 0 radical (unpaired) electrons. The first kappa shape index (κ1) is 11.4. The minimum Gasteiger partial charge on any atom is -0.444 e. The predicted octanol–water partition coefficient (Wildman–Crippen LogP) is 3.20. The molecule has 0 saturated carbocycles. The van der Waals surface area contributed by atoms with Crippen molar-refractivity contribution < 1.29 is 4.42 Å². The van der Waals surface area contributed by atoms with Gasteiger partial charge in [-0.05, 0) is 32.2 Å². The third-order valence-electron chi connectivity index (χ3n) is 2.60. The highest BCUT2D eigenvalue weighted by Gasteiger charge is 2.09. The Labute approximate surface area is 99.5 Å². The minimum atomic E-state index is 0.340. The highest BCUT2D eigenvalue weighted by atomic mass is 32.1. The molecule has 3 nitrogen and oxygen atoms in total. The van der Waals surface area contributed by atoms with E-state index in [1.54, 1.807) is 11.3 Å². The van der Waals surface area contributed by atoms with Gasteiger partial charge >= 0.3 is 0 Å². The molecule has 0 aromatic carbocycles. The average Bonchev–Trinajstić information content (AvgIpc) is 2.86. The number of aromatic nitrogens is 1. The van der Waals surface area contributed by atoms with Gasteiger partial charge in [0.15, 0.2) is 0 Å². The van der Waals surface area contributed by atoms with Crippen LogP contribution in [0.25, 0.3) is 0 Å². The van der Waals surface area contributed by atoms with Crippen LogP contribution >= 0.6 is 11.3 Å². The lowest BCUT2D eigenvalue weighted by Gasteiger charge is -2.09. The van der Waals surface area contributed by atoms with Gasteiger partial charge in [-0.2, -0.15) is 0 Å². The second-order valence-electron chi connectivity index (χ2n) is 3.87. The van der Waals surface area contributed by atoms with E-state index in [1.807, 2.05) is 13.8 Å². The summed E-state index contributed by atoms with van der Waals surface area (Å²) in [6.45, 7) is 6.72. The van der Waals surface area contributed by atoms with Gasteiger partial charge in [0.25, 0.3) is 0 Å². The van der Waals surface area contributed by atoms with Crippen LogP contribution in [0.15, 0.2) is 21.9 Å². The van der Waals surface area contributed by atoms with Crippen molar-refractivity contribution in [1.29, 1.82) is 0 Å². The summed E-state index contributed by atoms with van der Waals surface area (Å²) < 4.78 is 5.51. The normalized spacial score (nSPS) is 12.9. The van der Waals surface area contributed by atoms with Crippen molar-refractivity contribution >= 4 is 11.3 Å². The van der Waals surface area contributed by atoms with Crippen molar-refractivity contribution in [2.45, 2.75) is 33.4 Å². The Bertz CT molecular complexity index is 428. The summed E-state index contributed by atoms with van der Waals surface area (Å²) in [6.07, 6.45) is 0. The van der Waals surface area contributed by atoms with E-state index in [1.165, 1.54) is 4.88 Å². The van der Waals surface area contributed by atoms with E-state index in [2.05, 4.69) is 34.7 Å². The smallest absolute Gasteiger partial charge is 0.208 e. The first-order valence-electron chi connectivity index (χ1n) is 5.36. The van der Waals surface area contributed by atoms with Crippen molar-refractivity contribution in [2.75, 3.05) is 0 Å². The van der Waals surface area contributed by atoms with E-state index < -0.39 is 0 Å². The lowest BCUT2D eigenvalue weighted by atomic mass is 10.3. The van der Waals surface area contributed by atoms with Crippen molar-refractivity contribution in [1.82, 2.24) is 10.3 Å². The summed E-state index contributed by atoms with van der Waals surface area (Å²) in [6, 6.07) is 4.54. The highest BCUT2D eigenvalue weighted by molar-refractivity contribution is 7.10. The molecule has 2 heterocycles. The summed E-state index contributed by atoms with van der Waals surface area (Å²) in [5.74, 6) is 1.67. The van der Waals surface area contributed by atoms with Gasteiger partial charge < -0.3 is 9.73 Å². The maximum Gasteiger partial charge on any atom is 0.208 e. The molecule has 0 aliphatic carbocycles. The SMILES string of the molecule is Cc1nc(CNC(C)c2cccs2)oc1C. The molecule has 2 aromatic rings. The van der Waals surface area contributed by atoms with E-state index in [0.29, 0.717) is 12.6 Å². The van der Waals surface area contributed by atoms with E-state index in [0.717, 1.165) is 17.3 Å². The lowest BCUT2D eigenvalue weighted by Crippen LogP contribution is -2.17. The van der Waals surface area contributed by atoms with Gasteiger partial charge in [0, 0.05) is 10.9 Å². The van der Waals surface area contributed by atoms with Crippen molar-refractivity contribution in [3.8, 4) is 0 Å². The first-order chi connectivity index (χ1) is 7.66. The maximum atomic E-state index is 5.51. The van der Waals surface area contributed by atoms with Crippen LogP contribution in [0.5, 0.6) is 0 Å². The Kier molecular flexibility index (Phi) is 3.41.